The van der Waals surface area contributed by atoms with Gasteiger partial charge < -0.3 is 11.1 Å². The second-order valence-corrected chi connectivity index (χ2v) is 5.91. The number of rotatable bonds is 8. The normalized spacial score (nSPS) is 12.2. The molecule has 1 aromatic heterocycles. The van der Waals surface area contributed by atoms with E-state index >= 15 is 0 Å². The Labute approximate surface area is 125 Å². The van der Waals surface area contributed by atoms with Crippen LogP contribution in [0.3, 0.4) is 0 Å². The van der Waals surface area contributed by atoms with Crippen LogP contribution in [0.1, 0.15) is 45.2 Å². The highest BCUT2D eigenvalue weighted by Gasteiger charge is 2.09. The van der Waals surface area contributed by atoms with E-state index in [4.69, 9.17) is 5.73 Å². The summed E-state index contributed by atoms with van der Waals surface area (Å²) in [7, 11) is 0. The topological polar surface area (TPSA) is 80.9 Å². The van der Waals surface area contributed by atoms with Crippen LogP contribution in [0.15, 0.2) is 11.2 Å². The molecule has 3 N–H and O–H groups in total. The first-order chi connectivity index (χ1) is 9.51. The van der Waals surface area contributed by atoms with Gasteiger partial charge in [0.15, 0.2) is 5.16 Å². The Kier molecular flexibility index (Phi) is 7.36. The van der Waals surface area contributed by atoms with Crippen molar-refractivity contribution >= 4 is 23.5 Å². The Morgan fingerprint density at radius 3 is 2.85 bits per heavy atom. The Balaban J connectivity index is 2.32. The lowest BCUT2D eigenvalue weighted by molar-refractivity contribution is -0.119. The summed E-state index contributed by atoms with van der Waals surface area (Å²) in [4.78, 5) is 20.1. The van der Waals surface area contributed by atoms with Crippen molar-refractivity contribution < 1.29 is 4.79 Å². The first kappa shape index (κ1) is 16.8. The fraction of sp³-hybridized carbons (Fsp3) is 0.643. The van der Waals surface area contributed by atoms with Crippen molar-refractivity contribution in [1.82, 2.24) is 15.3 Å². The molecule has 5 nitrogen and oxygen atoms in total. The molecule has 0 bridgehead atoms. The van der Waals surface area contributed by atoms with Gasteiger partial charge in [-0.2, -0.15) is 0 Å². The summed E-state index contributed by atoms with van der Waals surface area (Å²) in [5, 5.41) is 3.54. The number of nitrogens with zero attached hydrogens (tertiary/aromatic N) is 2. The molecule has 0 saturated carbocycles. The number of amides is 1. The number of nitrogen functional groups attached to an aromatic ring is 1. The number of thioether (sulfide) groups is 1. The van der Waals surface area contributed by atoms with Crippen LogP contribution >= 0.6 is 11.8 Å². The van der Waals surface area contributed by atoms with Crippen LogP contribution in [-0.2, 0) is 4.79 Å². The fourth-order valence-electron chi connectivity index (χ4n) is 1.85. The standard InChI is InChI=1S/C14H24N4OS/c1-4-5-6-7-10(2)16-13(19)9-20-14-17-11(3)8-12(15)18-14/h8,10H,4-7,9H2,1-3H3,(H,16,19)(H2,15,17,18). The number of aryl methyl sites for hydroxylation is 1. The number of carbonyl (C=O) groups is 1. The molecule has 20 heavy (non-hydrogen) atoms. The Hall–Kier alpha value is -1.30. The van der Waals surface area contributed by atoms with E-state index in [0.29, 0.717) is 16.7 Å². The number of anilines is 1. The van der Waals surface area contributed by atoms with Crippen LogP contribution < -0.4 is 11.1 Å². The first-order valence-electron chi connectivity index (χ1n) is 7.04. The average Bonchev–Trinajstić information content (AvgIpc) is 2.35. The van der Waals surface area contributed by atoms with Crippen molar-refractivity contribution in [3.05, 3.63) is 11.8 Å². The maximum absolute atomic E-state index is 11.8. The lowest BCUT2D eigenvalue weighted by atomic mass is 10.1. The molecular formula is C14H24N4OS. The summed E-state index contributed by atoms with van der Waals surface area (Å²) >= 11 is 1.31. The maximum atomic E-state index is 11.8. The summed E-state index contributed by atoms with van der Waals surface area (Å²) in [6.45, 7) is 6.07. The molecule has 1 atom stereocenters. The van der Waals surface area contributed by atoms with E-state index in [1.54, 1.807) is 6.07 Å². The Morgan fingerprint density at radius 1 is 1.45 bits per heavy atom. The quantitative estimate of drug-likeness (QED) is 0.438. The van der Waals surface area contributed by atoms with Crippen molar-refractivity contribution in [2.24, 2.45) is 0 Å². The van der Waals surface area contributed by atoms with Gasteiger partial charge in [-0.1, -0.05) is 37.9 Å². The van der Waals surface area contributed by atoms with E-state index in [1.807, 2.05) is 13.8 Å². The molecule has 1 heterocycles. The summed E-state index contributed by atoms with van der Waals surface area (Å²) in [5.41, 5.74) is 6.46. The Morgan fingerprint density at radius 2 is 2.20 bits per heavy atom. The zero-order chi connectivity index (χ0) is 15.0. The lowest BCUT2D eigenvalue weighted by Gasteiger charge is -2.13. The predicted molar refractivity (Wildman–Crippen MR) is 83.7 cm³/mol. The minimum absolute atomic E-state index is 0.0164. The van der Waals surface area contributed by atoms with Gasteiger partial charge in [0.25, 0.3) is 0 Å². The van der Waals surface area contributed by atoms with E-state index in [-0.39, 0.29) is 11.9 Å². The van der Waals surface area contributed by atoms with Crippen LogP contribution in [0.5, 0.6) is 0 Å². The summed E-state index contributed by atoms with van der Waals surface area (Å²) < 4.78 is 0. The molecule has 0 aromatic carbocycles. The molecule has 1 aromatic rings. The van der Waals surface area contributed by atoms with Crippen LogP contribution in [-0.4, -0.2) is 27.7 Å². The van der Waals surface area contributed by atoms with Gasteiger partial charge >= 0.3 is 0 Å². The molecule has 0 aliphatic carbocycles. The van der Waals surface area contributed by atoms with Crippen molar-refractivity contribution in [1.29, 1.82) is 0 Å². The highest BCUT2D eigenvalue weighted by atomic mass is 32.2. The third kappa shape index (κ3) is 6.75. The zero-order valence-corrected chi connectivity index (χ0v) is 13.3. The summed E-state index contributed by atoms with van der Waals surface area (Å²) in [6, 6.07) is 1.93. The van der Waals surface area contributed by atoms with Crippen LogP contribution in [0, 0.1) is 6.92 Å². The summed E-state index contributed by atoms with van der Waals surface area (Å²) in [5.74, 6) is 0.775. The predicted octanol–water partition coefficient (Wildman–Crippen LogP) is 2.54. The minimum atomic E-state index is 0.0164. The second kappa shape index (κ2) is 8.79. The number of unbranched alkanes of at least 4 members (excludes halogenated alkanes) is 2. The fourth-order valence-corrected chi connectivity index (χ4v) is 2.57. The first-order valence-corrected chi connectivity index (χ1v) is 8.03. The van der Waals surface area contributed by atoms with Gasteiger partial charge in [0.1, 0.15) is 5.82 Å². The van der Waals surface area contributed by atoms with E-state index in [1.165, 1.54) is 24.6 Å². The molecule has 0 saturated heterocycles. The minimum Gasteiger partial charge on any atom is -0.384 e. The van der Waals surface area contributed by atoms with Crippen molar-refractivity contribution in [3.63, 3.8) is 0 Å². The van der Waals surface area contributed by atoms with Gasteiger partial charge in [0.05, 0.1) is 5.75 Å². The van der Waals surface area contributed by atoms with E-state index in [9.17, 15) is 4.79 Å². The third-order valence-electron chi connectivity index (χ3n) is 2.83. The number of hydrogen-bond acceptors (Lipinski definition) is 5. The summed E-state index contributed by atoms with van der Waals surface area (Å²) in [6.07, 6.45) is 4.59. The van der Waals surface area contributed by atoms with Gasteiger partial charge in [-0.15, -0.1) is 0 Å². The number of nitrogens with one attached hydrogen (secondary N) is 1. The Bertz CT molecular complexity index is 419. The maximum Gasteiger partial charge on any atom is 0.230 e. The molecule has 112 valence electrons. The van der Waals surface area contributed by atoms with Gasteiger partial charge in [0.2, 0.25) is 5.91 Å². The SMILES string of the molecule is CCCCCC(C)NC(=O)CSc1nc(C)cc(N)n1. The van der Waals surface area contributed by atoms with Crippen LogP contribution in [0.25, 0.3) is 0 Å². The molecule has 0 aliphatic heterocycles. The number of hydrogen-bond donors (Lipinski definition) is 2. The average molecular weight is 296 g/mol. The number of nitrogens with two attached hydrogens (primary N) is 1. The molecule has 0 spiro atoms. The molecule has 0 aliphatic rings. The highest BCUT2D eigenvalue weighted by molar-refractivity contribution is 7.99. The molecule has 1 rings (SSSR count). The molecule has 1 unspecified atom stereocenters. The molecule has 6 heteroatoms. The lowest BCUT2D eigenvalue weighted by Crippen LogP contribution is -2.33. The molecule has 0 radical (unpaired) electrons. The van der Waals surface area contributed by atoms with E-state index < -0.39 is 0 Å². The smallest absolute Gasteiger partial charge is 0.230 e. The van der Waals surface area contributed by atoms with Gasteiger partial charge in [-0.25, -0.2) is 9.97 Å². The highest BCUT2D eigenvalue weighted by Crippen LogP contribution is 2.14. The van der Waals surface area contributed by atoms with E-state index in [2.05, 4.69) is 22.2 Å². The van der Waals surface area contributed by atoms with Crippen molar-refractivity contribution in [2.45, 2.75) is 57.7 Å². The van der Waals surface area contributed by atoms with Crippen molar-refractivity contribution in [3.8, 4) is 0 Å². The van der Waals surface area contributed by atoms with Crippen LogP contribution in [0.4, 0.5) is 5.82 Å². The number of aromatic nitrogens is 2. The van der Waals surface area contributed by atoms with Gasteiger partial charge in [-0.3, -0.25) is 4.79 Å². The van der Waals surface area contributed by atoms with E-state index in [0.717, 1.165) is 18.5 Å². The molecule has 0 fully saturated rings. The van der Waals surface area contributed by atoms with Gasteiger partial charge in [0, 0.05) is 17.8 Å². The molecular weight excluding hydrogens is 272 g/mol. The third-order valence-corrected chi connectivity index (χ3v) is 3.68. The molecule has 1 amide bonds. The number of carbonyl (C=O) groups excluding carboxylic acids is 1. The van der Waals surface area contributed by atoms with Crippen LogP contribution in [0.2, 0.25) is 0 Å². The largest absolute Gasteiger partial charge is 0.384 e. The van der Waals surface area contributed by atoms with Crippen molar-refractivity contribution in [2.75, 3.05) is 11.5 Å². The van der Waals surface area contributed by atoms with Gasteiger partial charge in [-0.05, 0) is 20.3 Å². The second-order valence-electron chi connectivity index (χ2n) is 4.97. The zero-order valence-electron chi connectivity index (χ0n) is 12.5. The monoisotopic (exact) mass is 296 g/mol.